The van der Waals surface area contributed by atoms with Crippen molar-refractivity contribution in [3.05, 3.63) is 34.6 Å². The largest absolute Gasteiger partial charge is 0.321 e. The Morgan fingerprint density at radius 2 is 2.06 bits per heavy atom. The van der Waals surface area contributed by atoms with E-state index in [1.807, 2.05) is 13.0 Å². The van der Waals surface area contributed by atoms with Gasteiger partial charge in [-0.3, -0.25) is 4.79 Å². The fourth-order valence-electron chi connectivity index (χ4n) is 1.97. The summed E-state index contributed by atoms with van der Waals surface area (Å²) < 4.78 is 13.8. The van der Waals surface area contributed by atoms with Gasteiger partial charge in [-0.25, -0.2) is 4.39 Å². The van der Waals surface area contributed by atoms with E-state index in [9.17, 15) is 9.18 Å². The molecule has 1 aromatic rings. The molecule has 1 rings (SSSR count). The highest BCUT2D eigenvalue weighted by atomic mass is 19.1. The van der Waals surface area contributed by atoms with Crippen molar-refractivity contribution in [3.63, 3.8) is 0 Å². The zero-order valence-electron chi connectivity index (χ0n) is 10.7. The Kier molecular flexibility index (Phi) is 4.82. The molecule has 0 spiro atoms. The average Bonchev–Trinajstić information content (AvgIpc) is 2.24. The highest BCUT2D eigenvalue weighted by Gasteiger charge is 2.21. The fourth-order valence-corrected chi connectivity index (χ4v) is 1.97. The quantitative estimate of drug-likeness (QED) is 0.799. The highest BCUT2D eigenvalue weighted by Crippen LogP contribution is 2.18. The van der Waals surface area contributed by atoms with Gasteiger partial charge < -0.3 is 5.73 Å². The molecule has 0 aliphatic rings. The monoisotopic (exact) mass is 237 g/mol. The molecular weight excluding hydrogens is 217 g/mol. The van der Waals surface area contributed by atoms with Crippen LogP contribution in [0, 0.1) is 19.7 Å². The first-order chi connectivity index (χ1) is 7.97. The van der Waals surface area contributed by atoms with Gasteiger partial charge in [-0.15, -0.1) is 0 Å². The molecule has 2 nitrogen and oxygen atoms in total. The van der Waals surface area contributed by atoms with Crippen molar-refractivity contribution >= 4 is 5.78 Å². The molecule has 2 N–H and O–H groups in total. The molecule has 3 heteroatoms. The number of carbonyl (C=O) groups is 1. The molecule has 0 aromatic heterocycles. The Morgan fingerprint density at radius 1 is 1.41 bits per heavy atom. The third-order valence-corrected chi connectivity index (χ3v) is 2.88. The predicted molar refractivity (Wildman–Crippen MR) is 67.7 cm³/mol. The van der Waals surface area contributed by atoms with Gasteiger partial charge in [0, 0.05) is 0 Å². The summed E-state index contributed by atoms with van der Waals surface area (Å²) in [5.41, 5.74) is 7.43. The number of hydrogen-bond donors (Lipinski definition) is 1. The first-order valence-corrected chi connectivity index (χ1v) is 6.04. The lowest BCUT2D eigenvalue weighted by Gasteiger charge is -2.13. The molecule has 1 unspecified atom stereocenters. The second-order valence-electron chi connectivity index (χ2n) is 4.55. The van der Waals surface area contributed by atoms with E-state index in [1.54, 1.807) is 13.8 Å². The van der Waals surface area contributed by atoms with Crippen molar-refractivity contribution < 1.29 is 9.18 Å². The minimum absolute atomic E-state index is 0.152. The standard InChI is InChI=1S/C14H20FNO/c1-4-5-6-12(16)14(17)13-10(3)7-9(2)8-11(13)15/h7-8,12H,4-6,16H2,1-3H3. The third kappa shape index (κ3) is 3.37. The van der Waals surface area contributed by atoms with Gasteiger partial charge in [0.15, 0.2) is 5.78 Å². The van der Waals surface area contributed by atoms with Gasteiger partial charge >= 0.3 is 0 Å². The van der Waals surface area contributed by atoms with Crippen LogP contribution in [0.25, 0.3) is 0 Å². The average molecular weight is 237 g/mol. The van der Waals surface area contributed by atoms with Crippen molar-refractivity contribution in [1.82, 2.24) is 0 Å². The first-order valence-electron chi connectivity index (χ1n) is 6.04. The van der Waals surface area contributed by atoms with Crippen LogP contribution >= 0.6 is 0 Å². The van der Waals surface area contributed by atoms with Gasteiger partial charge in [0.2, 0.25) is 0 Å². The lowest BCUT2D eigenvalue weighted by molar-refractivity contribution is 0.0951. The molecule has 0 fully saturated rings. The topological polar surface area (TPSA) is 43.1 Å². The molecule has 0 aliphatic carbocycles. The van der Waals surface area contributed by atoms with Crippen LogP contribution < -0.4 is 5.73 Å². The summed E-state index contributed by atoms with van der Waals surface area (Å²) in [5.74, 6) is -0.743. The number of unbranched alkanes of at least 4 members (excludes halogenated alkanes) is 1. The highest BCUT2D eigenvalue weighted by molar-refractivity contribution is 6.01. The molecule has 17 heavy (non-hydrogen) atoms. The van der Waals surface area contributed by atoms with Crippen LogP contribution in [0.1, 0.15) is 47.7 Å². The first kappa shape index (κ1) is 13.8. The van der Waals surface area contributed by atoms with Crippen LogP contribution in [0.5, 0.6) is 0 Å². The molecule has 1 atom stereocenters. The lowest BCUT2D eigenvalue weighted by Crippen LogP contribution is -2.31. The molecule has 0 amide bonds. The molecule has 0 saturated heterocycles. The van der Waals surface area contributed by atoms with Crippen molar-refractivity contribution in [2.75, 3.05) is 0 Å². The molecule has 0 bridgehead atoms. The molecule has 0 aliphatic heterocycles. The number of aryl methyl sites for hydroxylation is 2. The van der Waals surface area contributed by atoms with Gasteiger partial charge in [0.05, 0.1) is 11.6 Å². The summed E-state index contributed by atoms with van der Waals surface area (Å²) in [7, 11) is 0. The molecule has 0 radical (unpaired) electrons. The maximum Gasteiger partial charge on any atom is 0.182 e. The van der Waals surface area contributed by atoms with E-state index in [-0.39, 0.29) is 11.3 Å². The summed E-state index contributed by atoms with van der Waals surface area (Å²) in [6, 6.07) is 2.60. The lowest BCUT2D eigenvalue weighted by atomic mass is 9.95. The van der Waals surface area contributed by atoms with Crippen LogP contribution in [0.15, 0.2) is 12.1 Å². The van der Waals surface area contributed by atoms with Crippen LogP contribution in [0.2, 0.25) is 0 Å². The number of Topliss-reactive ketones (excluding diaryl/α,β-unsaturated/α-hetero) is 1. The van der Waals surface area contributed by atoms with Crippen molar-refractivity contribution in [2.24, 2.45) is 5.73 Å². The van der Waals surface area contributed by atoms with E-state index >= 15 is 0 Å². The van der Waals surface area contributed by atoms with Crippen molar-refractivity contribution in [1.29, 1.82) is 0 Å². The van der Waals surface area contributed by atoms with Crippen molar-refractivity contribution in [2.45, 2.75) is 46.1 Å². The van der Waals surface area contributed by atoms with Gasteiger partial charge in [-0.1, -0.05) is 25.8 Å². The summed E-state index contributed by atoms with van der Waals surface area (Å²) in [6.45, 7) is 5.59. The number of ketones is 1. The van der Waals surface area contributed by atoms with Gasteiger partial charge in [-0.05, 0) is 37.5 Å². The van der Waals surface area contributed by atoms with Crippen LogP contribution in [-0.2, 0) is 0 Å². The van der Waals surface area contributed by atoms with Gasteiger partial charge in [0.25, 0.3) is 0 Å². The Morgan fingerprint density at radius 3 is 2.59 bits per heavy atom. The third-order valence-electron chi connectivity index (χ3n) is 2.88. The Balaban J connectivity index is 2.96. The van der Waals surface area contributed by atoms with Gasteiger partial charge in [-0.2, -0.15) is 0 Å². The number of carbonyl (C=O) groups excluding carboxylic acids is 1. The summed E-state index contributed by atoms with van der Waals surface area (Å²) >= 11 is 0. The van der Waals surface area contributed by atoms with E-state index in [0.29, 0.717) is 12.0 Å². The number of hydrogen-bond acceptors (Lipinski definition) is 2. The van der Waals surface area contributed by atoms with Crippen LogP contribution in [0.3, 0.4) is 0 Å². The summed E-state index contributed by atoms with van der Waals surface area (Å²) in [6.07, 6.45) is 2.48. The zero-order chi connectivity index (χ0) is 13.0. The summed E-state index contributed by atoms with van der Waals surface area (Å²) in [4.78, 5) is 12.0. The van der Waals surface area contributed by atoms with E-state index < -0.39 is 11.9 Å². The fraction of sp³-hybridized carbons (Fsp3) is 0.500. The summed E-state index contributed by atoms with van der Waals surface area (Å²) in [5, 5.41) is 0. The molecule has 1 aromatic carbocycles. The molecule has 0 saturated carbocycles. The normalized spacial score (nSPS) is 12.5. The van der Waals surface area contributed by atoms with Crippen LogP contribution in [-0.4, -0.2) is 11.8 Å². The molecule has 0 heterocycles. The second-order valence-corrected chi connectivity index (χ2v) is 4.55. The molecular formula is C14H20FNO. The van der Waals surface area contributed by atoms with E-state index in [2.05, 4.69) is 0 Å². The number of benzene rings is 1. The van der Waals surface area contributed by atoms with E-state index in [1.165, 1.54) is 6.07 Å². The number of rotatable bonds is 5. The predicted octanol–water partition coefficient (Wildman–Crippen LogP) is 3.14. The van der Waals surface area contributed by atoms with Gasteiger partial charge in [0.1, 0.15) is 5.82 Å². The Bertz CT molecular complexity index is 392. The van der Waals surface area contributed by atoms with Crippen molar-refractivity contribution in [3.8, 4) is 0 Å². The number of nitrogens with two attached hydrogens (primary N) is 1. The van der Waals surface area contributed by atoms with Crippen LogP contribution in [0.4, 0.5) is 4.39 Å². The smallest absolute Gasteiger partial charge is 0.182 e. The second kappa shape index (κ2) is 5.92. The minimum Gasteiger partial charge on any atom is -0.321 e. The number of halogens is 1. The van der Waals surface area contributed by atoms with E-state index in [4.69, 9.17) is 5.73 Å². The molecule has 94 valence electrons. The zero-order valence-corrected chi connectivity index (χ0v) is 10.7. The Labute approximate surface area is 102 Å². The minimum atomic E-state index is -0.592. The maximum atomic E-state index is 13.8. The Hall–Kier alpha value is -1.22. The SMILES string of the molecule is CCCCC(N)C(=O)c1c(C)cc(C)cc1F. The maximum absolute atomic E-state index is 13.8. The van der Waals surface area contributed by atoms with E-state index in [0.717, 1.165) is 18.4 Å².